The Morgan fingerprint density at radius 2 is 2.18 bits per heavy atom. The van der Waals surface area contributed by atoms with Crippen molar-refractivity contribution in [3.8, 4) is 5.75 Å². The van der Waals surface area contributed by atoms with Crippen LogP contribution in [0.25, 0.3) is 6.08 Å². The van der Waals surface area contributed by atoms with Gasteiger partial charge in [-0.05, 0) is 29.8 Å². The third-order valence-electron chi connectivity index (χ3n) is 2.53. The summed E-state index contributed by atoms with van der Waals surface area (Å²) in [6.07, 6.45) is 1.18. The van der Waals surface area contributed by atoms with E-state index in [0.717, 1.165) is 21.1 Å². The standard InChI is InChI=1S/C14H14O2S/c1-3-12-7-8-13(17-12)14(15)10-5-4-6-11(9-10)16-2/h3-9,14-15H,1H2,2H3. The average molecular weight is 246 g/mol. The molecule has 1 aromatic heterocycles. The third kappa shape index (κ3) is 2.57. The molecule has 0 saturated carbocycles. The largest absolute Gasteiger partial charge is 0.497 e. The van der Waals surface area contributed by atoms with Crippen LogP contribution in [0.1, 0.15) is 21.4 Å². The van der Waals surface area contributed by atoms with Crippen molar-refractivity contribution in [2.75, 3.05) is 7.11 Å². The van der Waals surface area contributed by atoms with E-state index in [1.54, 1.807) is 24.5 Å². The van der Waals surface area contributed by atoms with Crippen LogP contribution < -0.4 is 4.74 Å². The molecule has 0 aliphatic carbocycles. The highest BCUT2D eigenvalue weighted by Gasteiger charge is 2.12. The number of thiophene rings is 1. The minimum Gasteiger partial charge on any atom is -0.497 e. The first-order valence-electron chi connectivity index (χ1n) is 5.29. The molecule has 17 heavy (non-hydrogen) atoms. The number of methoxy groups -OCH3 is 1. The van der Waals surface area contributed by atoms with Crippen LogP contribution in [-0.2, 0) is 0 Å². The lowest BCUT2D eigenvalue weighted by atomic mass is 10.1. The molecule has 0 radical (unpaired) electrons. The predicted octanol–water partition coefficient (Wildman–Crippen LogP) is 3.48. The molecule has 2 nitrogen and oxygen atoms in total. The van der Waals surface area contributed by atoms with Crippen molar-refractivity contribution in [3.05, 3.63) is 58.3 Å². The van der Waals surface area contributed by atoms with Crippen molar-refractivity contribution in [2.45, 2.75) is 6.10 Å². The number of rotatable bonds is 4. The molecule has 88 valence electrons. The Morgan fingerprint density at radius 3 is 2.82 bits per heavy atom. The number of hydrogen-bond acceptors (Lipinski definition) is 3. The summed E-state index contributed by atoms with van der Waals surface area (Å²) in [6.45, 7) is 3.71. The van der Waals surface area contributed by atoms with Gasteiger partial charge in [0.25, 0.3) is 0 Å². The summed E-state index contributed by atoms with van der Waals surface area (Å²) in [6, 6.07) is 11.3. The number of aliphatic hydroxyl groups excluding tert-OH is 1. The van der Waals surface area contributed by atoms with Crippen molar-refractivity contribution in [1.82, 2.24) is 0 Å². The molecular weight excluding hydrogens is 232 g/mol. The average Bonchev–Trinajstić information content (AvgIpc) is 2.86. The molecule has 1 aromatic carbocycles. The van der Waals surface area contributed by atoms with Gasteiger partial charge in [0.05, 0.1) is 7.11 Å². The van der Waals surface area contributed by atoms with E-state index in [0.29, 0.717) is 0 Å². The molecule has 0 fully saturated rings. The van der Waals surface area contributed by atoms with E-state index in [-0.39, 0.29) is 0 Å². The maximum atomic E-state index is 10.2. The van der Waals surface area contributed by atoms with E-state index in [2.05, 4.69) is 6.58 Å². The zero-order valence-electron chi connectivity index (χ0n) is 9.59. The summed E-state index contributed by atoms with van der Waals surface area (Å²) in [5, 5.41) is 10.2. The van der Waals surface area contributed by atoms with Gasteiger partial charge >= 0.3 is 0 Å². The van der Waals surface area contributed by atoms with E-state index in [1.807, 2.05) is 36.4 Å². The van der Waals surface area contributed by atoms with Gasteiger partial charge in [-0.1, -0.05) is 24.8 Å². The van der Waals surface area contributed by atoms with Crippen LogP contribution in [0, 0.1) is 0 Å². The van der Waals surface area contributed by atoms with Crippen molar-refractivity contribution in [1.29, 1.82) is 0 Å². The fourth-order valence-electron chi connectivity index (χ4n) is 1.60. The summed E-state index contributed by atoms with van der Waals surface area (Å²) >= 11 is 1.54. The number of aliphatic hydroxyl groups is 1. The lowest BCUT2D eigenvalue weighted by Gasteiger charge is -2.10. The molecule has 1 atom stereocenters. The Balaban J connectivity index is 2.29. The summed E-state index contributed by atoms with van der Waals surface area (Å²) in [5.74, 6) is 0.752. The molecule has 2 rings (SSSR count). The zero-order chi connectivity index (χ0) is 12.3. The molecule has 0 spiro atoms. The molecule has 1 heterocycles. The molecule has 0 bridgehead atoms. The van der Waals surface area contributed by atoms with Gasteiger partial charge in [0.1, 0.15) is 11.9 Å². The quantitative estimate of drug-likeness (QED) is 0.895. The fraction of sp³-hybridized carbons (Fsp3) is 0.143. The Hall–Kier alpha value is -1.58. The minimum absolute atomic E-state index is 0.608. The summed E-state index contributed by atoms with van der Waals surface area (Å²) in [7, 11) is 1.62. The van der Waals surface area contributed by atoms with E-state index in [4.69, 9.17) is 4.74 Å². The highest BCUT2D eigenvalue weighted by molar-refractivity contribution is 7.13. The van der Waals surface area contributed by atoms with Gasteiger partial charge < -0.3 is 9.84 Å². The van der Waals surface area contributed by atoms with Gasteiger partial charge in [-0.15, -0.1) is 11.3 Å². The van der Waals surface area contributed by atoms with E-state index in [9.17, 15) is 5.11 Å². The summed E-state index contributed by atoms with van der Waals surface area (Å²) in [5.41, 5.74) is 0.835. The minimum atomic E-state index is -0.608. The lowest BCUT2D eigenvalue weighted by Crippen LogP contribution is -1.97. The second-order valence-electron chi connectivity index (χ2n) is 3.62. The molecule has 0 aliphatic rings. The van der Waals surface area contributed by atoms with Gasteiger partial charge in [0.15, 0.2) is 0 Å². The van der Waals surface area contributed by atoms with Crippen molar-refractivity contribution in [2.24, 2.45) is 0 Å². The molecule has 2 aromatic rings. The number of hydrogen-bond donors (Lipinski definition) is 1. The van der Waals surface area contributed by atoms with Crippen LogP contribution in [0.2, 0.25) is 0 Å². The van der Waals surface area contributed by atoms with Crippen molar-refractivity contribution in [3.63, 3.8) is 0 Å². The second-order valence-corrected chi connectivity index (χ2v) is 4.77. The zero-order valence-corrected chi connectivity index (χ0v) is 10.4. The summed E-state index contributed by atoms with van der Waals surface area (Å²) < 4.78 is 5.14. The second kappa shape index (κ2) is 5.17. The Bertz CT molecular complexity index is 516. The monoisotopic (exact) mass is 246 g/mol. The van der Waals surface area contributed by atoms with Crippen LogP contribution in [0.3, 0.4) is 0 Å². The van der Waals surface area contributed by atoms with Gasteiger partial charge in [0, 0.05) is 9.75 Å². The van der Waals surface area contributed by atoms with Crippen LogP contribution >= 0.6 is 11.3 Å². The Morgan fingerprint density at radius 1 is 1.35 bits per heavy atom. The molecule has 0 aliphatic heterocycles. The lowest BCUT2D eigenvalue weighted by molar-refractivity contribution is 0.223. The van der Waals surface area contributed by atoms with Crippen molar-refractivity contribution >= 4 is 17.4 Å². The number of benzene rings is 1. The maximum absolute atomic E-state index is 10.2. The van der Waals surface area contributed by atoms with E-state index < -0.39 is 6.10 Å². The molecule has 3 heteroatoms. The highest BCUT2D eigenvalue weighted by atomic mass is 32.1. The first-order valence-corrected chi connectivity index (χ1v) is 6.10. The van der Waals surface area contributed by atoms with Crippen LogP contribution in [0.4, 0.5) is 0 Å². The van der Waals surface area contributed by atoms with E-state index >= 15 is 0 Å². The van der Waals surface area contributed by atoms with Gasteiger partial charge in [-0.2, -0.15) is 0 Å². The van der Waals surface area contributed by atoms with Gasteiger partial charge in [0.2, 0.25) is 0 Å². The summed E-state index contributed by atoms with van der Waals surface area (Å²) in [4.78, 5) is 1.97. The van der Waals surface area contributed by atoms with Crippen LogP contribution in [0.5, 0.6) is 5.75 Å². The normalized spacial score (nSPS) is 12.1. The SMILES string of the molecule is C=Cc1ccc(C(O)c2cccc(OC)c2)s1. The van der Waals surface area contributed by atoms with Gasteiger partial charge in [-0.3, -0.25) is 0 Å². The first-order chi connectivity index (χ1) is 8.24. The third-order valence-corrected chi connectivity index (χ3v) is 3.66. The van der Waals surface area contributed by atoms with Crippen LogP contribution in [-0.4, -0.2) is 12.2 Å². The first kappa shape index (κ1) is 11.9. The Kier molecular flexibility index (Phi) is 3.61. The fourth-order valence-corrected chi connectivity index (χ4v) is 2.48. The van der Waals surface area contributed by atoms with Crippen LogP contribution in [0.15, 0.2) is 43.0 Å². The molecule has 0 amide bonds. The molecular formula is C14H14O2S. The van der Waals surface area contributed by atoms with Gasteiger partial charge in [-0.25, -0.2) is 0 Å². The highest BCUT2D eigenvalue weighted by Crippen LogP contribution is 2.30. The Labute approximate surface area is 105 Å². The molecule has 0 saturated heterocycles. The maximum Gasteiger partial charge on any atom is 0.119 e. The smallest absolute Gasteiger partial charge is 0.119 e. The molecule has 1 unspecified atom stereocenters. The van der Waals surface area contributed by atoms with E-state index in [1.165, 1.54) is 0 Å². The topological polar surface area (TPSA) is 29.5 Å². The van der Waals surface area contributed by atoms with Crippen molar-refractivity contribution < 1.29 is 9.84 Å². The number of ether oxygens (including phenoxy) is 1. The predicted molar refractivity (Wildman–Crippen MR) is 71.5 cm³/mol. The molecule has 1 N–H and O–H groups in total.